The first kappa shape index (κ1) is 25.0. The average Bonchev–Trinajstić information content (AvgIpc) is 3.19. The summed E-state index contributed by atoms with van der Waals surface area (Å²) >= 11 is 0. The van der Waals surface area contributed by atoms with E-state index in [1.807, 2.05) is 4.90 Å². The fourth-order valence-electron chi connectivity index (χ4n) is 3.27. The van der Waals surface area contributed by atoms with Crippen molar-refractivity contribution in [2.45, 2.75) is 57.8 Å². The number of carbonyl (C=O) groups excluding carboxylic acids is 2. The van der Waals surface area contributed by atoms with E-state index in [4.69, 9.17) is 18.6 Å². The van der Waals surface area contributed by atoms with E-state index in [-0.39, 0.29) is 17.0 Å². The number of ether oxygens (including phenoxy) is 3. The summed E-state index contributed by atoms with van der Waals surface area (Å²) in [7, 11) is 2.34. The number of amides is 2. The summed E-state index contributed by atoms with van der Waals surface area (Å²) in [6, 6.07) is 3.15. The van der Waals surface area contributed by atoms with Crippen LogP contribution in [-0.2, 0) is 9.16 Å². The van der Waals surface area contributed by atoms with Crippen LogP contribution in [0.2, 0.25) is 18.1 Å². The molecule has 0 aliphatic carbocycles. The number of anilines is 1. The summed E-state index contributed by atoms with van der Waals surface area (Å²) in [4.78, 5) is 27.2. The maximum atomic E-state index is 13.5. The maximum Gasteiger partial charge on any atom is 0.411 e. The zero-order chi connectivity index (χ0) is 23.4. The number of nitrogens with zero attached hydrogens (tertiary/aromatic N) is 1. The number of likely N-dealkylation sites (tertiary alicyclic amines) is 1. The number of carbonyl (C=O) groups is 2. The lowest BCUT2D eigenvalue weighted by molar-refractivity contribution is 0.0684. The van der Waals surface area contributed by atoms with Crippen LogP contribution in [0.4, 0.5) is 10.5 Å². The second-order valence-electron chi connectivity index (χ2n) is 9.24. The standard InChI is InChI=1S/C22H36N2O6Si/c1-22(2,3)31(7,8)30-14-15-10-9-11-24(15)20(25)16-12-18(27-4)19(28-5)13-17(16)23-21(26)29-6/h12-13,15H,9-11,14H2,1-8H3,(H,23,26)/t15-/m0/s1. The largest absolute Gasteiger partial charge is 0.493 e. The van der Waals surface area contributed by atoms with Crippen molar-refractivity contribution in [2.75, 3.05) is 39.8 Å². The van der Waals surface area contributed by atoms with Crippen LogP contribution in [0.5, 0.6) is 11.5 Å². The third-order valence-electron chi connectivity index (χ3n) is 6.26. The topological polar surface area (TPSA) is 86.3 Å². The summed E-state index contributed by atoms with van der Waals surface area (Å²) in [6.07, 6.45) is 1.12. The fraction of sp³-hybridized carbons (Fsp3) is 0.636. The molecule has 2 amide bonds. The molecule has 0 radical (unpaired) electrons. The molecule has 1 atom stereocenters. The molecule has 0 bridgehead atoms. The smallest absolute Gasteiger partial charge is 0.411 e. The molecule has 1 heterocycles. The third kappa shape index (κ3) is 5.71. The minimum Gasteiger partial charge on any atom is -0.493 e. The van der Waals surface area contributed by atoms with Gasteiger partial charge in [-0.15, -0.1) is 0 Å². The van der Waals surface area contributed by atoms with Gasteiger partial charge >= 0.3 is 6.09 Å². The molecule has 31 heavy (non-hydrogen) atoms. The molecular formula is C22H36N2O6Si. The molecular weight excluding hydrogens is 416 g/mol. The Morgan fingerprint density at radius 3 is 2.29 bits per heavy atom. The first-order valence-electron chi connectivity index (χ1n) is 10.5. The Kier molecular flexibility index (Phi) is 7.99. The highest BCUT2D eigenvalue weighted by molar-refractivity contribution is 6.74. The molecule has 9 heteroatoms. The van der Waals surface area contributed by atoms with Crippen LogP contribution in [0.15, 0.2) is 12.1 Å². The van der Waals surface area contributed by atoms with Gasteiger partial charge in [0, 0.05) is 12.6 Å². The molecule has 0 spiro atoms. The quantitative estimate of drug-likeness (QED) is 0.613. The number of nitrogens with one attached hydrogen (secondary N) is 1. The predicted octanol–water partition coefficient (Wildman–Crippen LogP) is 4.51. The SMILES string of the molecule is COC(=O)Nc1cc(OC)c(OC)cc1C(=O)N1CCC[C@H]1CO[Si](C)(C)C(C)(C)C. The lowest BCUT2D eigenvalue weighted by Gasteiger charge is -2.38. The molecule has 8 nitrogen and oxygen atoms in total. The molecule has 0 saturated carbocycles. The van der Waals surface area contributed by atoms with Crippen molar-refractivity contribution in [2.24, 2.45) is 0 Å². The van der Waals surface area contributed by atoms with E-state index in [9.17, 15) is 9.59 Å². The Morgan fingerprint density at radius 2 is 1.74 bits per heavy atom. The van der Waals surface area contributed by atoms with Gasteiger partial charge in [-0.1, -0.05) is 20.8 Å². The Labute approximate surface area is 186 Å². The van der Waals surface area contributed by atoms with Gasteiger partial charge in [0.25, 0.3) is 5.91 Å². The van der Waals surface area contributed by atoms with Gasteiger partial charge in [-0.3, -0.25) is 10.1 Å². The highest BCUT2D eigenvalue weighted by atomic mass is 28.4. The molecule has 0 unspecified atom stereocenters. The monoisotopic (exact) mass is 452 g/mol. The summed E-state index contributed by atoms with van der Waals surface area (Å²) in [5, 5.41) is 2.71. The highest BCUT2D eigenvalue weighted by Crippen LogP contribution is 2.38. The number of benzene rings is 1. The van der Waals surface area contributed by atoms with Crippen molar-refractivity contribution >= 4 is 26.0 Å². The molecule has 2 rings (SSSR count). The molecule has 1 aromatic rings. The normalized spacial score (nSPS) is 16.8. The highest BCUT2D eigenvalue weighted by Gasteiger charge is 2.39. The van der Waals surface area contributed by atoms with Crippen LogP contribution in [-0.4, -0.2) is 65.7 Å². The summed E-state index contributed by atoms with van der Waals surface area (Å²) in [5.74, 6) is 0.632. The first-order chi connectivity index (χ1) is 14.4. The van der Waals surface area contributed by atoms with Crippen molar-refractivity contribution in [1.82, 2.24) is 4.90 Å². The molecule has 1 aromatic carbocycles. The Hall–Kier alpha value is -2.26. The van der Waals surface area contributed by atoms with Crippen LogP contribution in [0.3, 0.4) is 0 Å². The van der Waals surface area contributed by atoms with Crippen LogP contribution in [0.25, 0.3) is 0 Å². The molecule has 1 N–H and O–H groups in total. The number of methoxy groups -OCH3 is 3. The van der Waals surface area contributed by atoms with Gasteiger partial charge in [-0.05, 0) is 37.0 Å². The molecule has 1 saturated heterocycles. The Bertz CT molecular complexity index is 806. The van der Waals surface area contributed by atoms with Gasteiger partial charge in [-0.2, -0.15) is 0 Å². The summed E-state index contributed by atoms with van der Waals surface area (Å²) in [5.41, 5.74) is 0.632. The summed E-state index contributed by atoms with van der Waals surface area (Å²) < 4.78 is 21.8. The second kappa shape index (κ2) is 9.91. The van der Waals surface area contributed by atoms with Crippen LogP contribution in [0, 0.1) is 0 Å². The van der Waals surface area contributed by atoms with Crippen molar-refractivity contribution < 1.29 is 28.2 Å². The van der Waals surface area contributed by atoms with Crippen LogP contribution < -0.4 is 14.8 Å². The van der Waals surface area contributed by atoms with Gasteiger partial charge in [-0.25, -0.2) is 4.79 Å². The molecule has 1 aliphatic rings. The van der Waals surface area contributed by atoms with Crippen molar-refractivity contribution in [3.63, 3.8) is 0 Å². The first-order valence-corrected chi connectivity index (χ1v) is 13.4. The van der Waals surface area contributed by atoms with E-state index in [1.165, 1.54) is 21.3 Å². The molecule has 1 aliphatic heterocycles. The van der Waals surface area contributed by atoms with Gasteiger partial charge in [0.05, 0.1) is 45.2 Å². The van der Waals surface area contributed by atoms with Gasteiger partial charge in [0.2, 0.25) is 0 Å². The van der Waals surface area contributed by atoms with Gasteiger partial charge in [0.15, 0.2) is 19.8 Å². The van der Waals surface area contributed by atoms with Crippen molar-refractivity contribution in [3.05, 3.63) is 17.7 Å². The lowest BCUT2D eigenvalue weighted by Crippen LogP contribution is -2.46. The predicted molar refractivity (Wildman–Crippen MR) is 123 cm³/mol. The van der Waals surface area contributed by atoms with E-state index in [0.29, 0.717) is 35.9 Å². The van der Waals surface area contributed by atoms with Crippen LogP contribution >= 0.6 is 0 Å². The average molecular weight is 453 g/mol. The van der Waals surface area contributed by atoms with Gasteiger partial charge in [0.1, 0.15) is 0 Å². The minimum absolute atomic E-state index is 0.0132. The minimum atomic E-state index is -1.93. The molecule has 1 fully saturated rings. The molecule has 0 aromatic heterocycles. The zero-order valence-electron chi connectivity index (χ0n) is 20.0. The second-order valence-corrected chi connectivity index (χ2v) is 14.0. The van der Waals surface area contributed by atoms with E-state index in [2.05, 4.69) is 39.2 Å². The third-order valence-corrected chi connectivity index (χ3v) is 10.8. The van der Waals surface area contributed by atoms with E-state index < -0.39 is 14.4 Å². The van der Waals surface area contributed by atoms with E-state index in [0.717, 1.165) is 12.8 Å². The van der Waals surface area contributed by atoms with E-state index >= 15 is 0 Å². The fourth-order valence-corrected chi connectivity index (χ4v) is 4.31. The summed E-state index contributed by atoms with van der Waals surface area (Å²) in [6.45, 7) is 12.2. The number of hydrogen-bond acceptors (Lipinski definition) is 6. The zero-order valence-corrected chi connectivity index (χ0v) is 21.0. The van der Waals surface area contributed by atoms with Gasteiger partial charge < -0.3 is 23.5 Å². The number of rotatable bonds is 7. The molecule has 174 valence electrons. The van der Waals surface area contributed by atoms with Crippen molar-refractivity contribution in [3.8, 4) is 11.5 Å². The maximum absolute atomic E-state index is 13.5. The Morgan fingerprint density at radius 1 is 1.13 bits per heavy atom. The Balaban J connectivity index is 2.32. The van der Waals surface area contributed by atoms with Crippen LogP contribution in [0.1, 0.15) is 44.0 Å². The lowest BCUT2D eigenvalue weighted by atomic mass is 10.1. The number of hydrogen-bond donors (Lipinski definition) is 1. The van der Waals surface area contributed by atoms with E-state index in [1.54, 1.807) is 12.1 Å². The van der Waals surface area contributed by atoms with Crippen molar-refractivity contribution in [1.29, 1.82) is 0 Å².